The second-order valence-electron chi connectivity index (χ2n) is 5.47. The summed E-state index contributed by atoms with van der Waals surface area (Å²) in [4.78, 5) is 0. The third-order valence-electron chi connectivity index (χ3n) is 4.15. The molecule has 2 atom stereocenters. The molecule has 6 nitrogen and oxygen atoms in total. The van der Waals surface area contributed by atoms with Crippen molar-refractivity contribution in [2.45, 2.75) is 44.6 Å². The van der Waals surface area contributed by atoms with Crippen molar-refractivity contribution in [3.8, 4) is 0 Å². The average molecular weight is 311 g/mol. The van der Waals surface area contributed by atoms with Crippen LogP contribution in [0.5, 0.6) is 0 Å². The predicted octanol–water partition coefficient (Wildman–Crippen LogP) is 0.859. The molecule has 1 saturated carbocycles. The minimum absolute atomic E-state index is 0.0360. The zero-order valence-corrected chi connectivity index (χ0v) is 12.5. The van der Waals surface area contributed by atoms with E-state index in [-0.39, 0.29) is 6.04 Å². The first-order chi connectivity index (χ1) is 8.80. The lowest BCUT2D eigenvalue weighted by Crippen LogP contribution is -2.50. The first kappa shape index (κ1) is 15.2. The molecule has 2 aliphatic rings. The summed E-state index contributed by atoms with van der Waals surface area (Å²) in [6, 6.07) is 0.0360. The summed E-state index contributed by atoms with van der Waals surface area (Å²) in [5.41, 5.74) is 0. The van der Waals surface area contributed by atoms with Gasteiger partial charge in [-0.1, -0.05) is 12.8 Å². The van der Waals surface area contributed by atoms with Gasteiger partial charge >= 0.3 is 0 Å². The minimum Gasteiger partial charge on any atom is -0.286 e. The van der Waals surface area contributed by atoms with Gasteiger partial charge < -0.3 is 0 Å². The molecule has 2 rings (SSSR count). The van der Waals surface area contributed by atoms with Crippen molar-refractivity contribution in [3.63, 3.8) is 0 Å². The van der Waals surface area contributed by atoms with Crippen LogP contribution in [-0.2, 0) is 20.1 Å². The Morgan fingerprint density at radius 2 is 1.58 bits per heavy atom. The van der Waals surface area contributed by atoms with Gasteiger partial charge in [-0.2, -0.15) is 12.7 Å². The molecule has 2 unspecified atom stereocenters. The summed E-state index contributed by atoms with van der Waals surface area (Å²) >= 11 is 0. The topological polar surface area (TPSA) is 91.7 Å². The van der Waals surface area contributed by atoms with Crippen molar-refractivity contribution in [1.82, 2.24) is 4.31 Å². The molecule has 19 heavy (non-hydrogen) atoms. The van der Waals surface area contributed by atoms with Crippen LogP contribution < -0.4 is 0 Å². The molecule has 8 heteroatoms. The first-order valence-corrected chi connectivity index (χ1v) is 9.96. The first-order valence-electron chi connectivity index (χ1n) is 6.74. The lowest BCUT2D eigenvalue weighted by atomic mass is 9.79. The molecule has 112 valence electrons. The molecule has 0 aromatic rings. The zero-order chi connectivity index (χ0) is 14.1. The van der Waals surface area contributed by atoms with Crippen molar-refractivity contribution < 1.29 is 21.4 Å². The van der Waals surface area contributed by atoms with Crippen LogP contribution in [0.1, 0.15) is 38.5 Å². The van der Waals surface area contributed by atoms with E-state index in [0.29, 0.717) is 12.5 Å². The molecule has 2 fully saturated rings. The number of fused-ring (bicyclic) bond motifs is 1. The van der Waals surface area contributed by atoms with E-state index in [1.54, 1.807) is 0 Å². The van der Waals surface area contributed by atoms with Crippen LogP contribution in [0, 0.1) is 5.92 Å². The molecule has 0 spiro atoms. The van der Waals surface area contributed by atoms with Gasteiger partial charge in [0.1, 0.15) is 0 Å². The number of hydrogen-bond acceptors (Lipinski definition) is 4. The van der Waals surface area contributed by atoms with E-state index >= 15 is 0 Å². The van der Waals surface area contributed by atoms with Crippen LogP contribution in [0.3, 0.4) is 0 Å². The van der Waals surface area contributed by atoms with Crippen molar-refractivity contribution in [2.24, 2.45) is 5.92 Å². The lowest BCUT2D eigenvalue weighted by molar-refractivity contribution is 0.129. The van der Waals surface area contributed by atoms with Crippen LogP contribution in [0.2, 0.25) is 0 Å². The van der Waals surface area contributed by atoms with Crippen molar-refractivity contribution in [3.05, 3.63) is 0 Å². The Kier molecular flexibility index (Phi) is 4.54. The number of nitrogens with zero attached hydrogens (tertiary/aromatic N) is 1. The van der Waals surface area contributed by atoms with Gasteiger partial charge in [-0.3, -0.25) is 4.55 Å². The molecule has 0 aromatic carbocycles. The van der Waals surface area contributed by atoms with Crippen molar-refractivity contribution in [1.29, 1.82) is 0 Å². The fourth-order valence-electron chi connectivity index (χ4n) is 3.25. The fourth-order valence-corrected chi connectivity index (χ4v) is 6.27. The summed E-state index contributed by atoms with van der Waals surface area (Å²) in [6.45, 7) is 0.481. The maximum Gasteiger partial charge on any atom is 0.265 e. The second-order valence-corrected chi connectivity index (χ2v) is 9.08. The van der Waals surface area contributed by atoms with Gasteiger partial charge in [0.25, 0.3) is 10.1 Å². The van der Waals surface area contributed by atoms with Crippen LogP contribution >= 0.6 is 0 Å². The van der Waals surface area contributed by atoms with Crippen LogP contribution in [-0.4, -0.2) is 49.8 Å². The van der Waals surface area contributed by atoms with Crippen molar-refractivity contribution in [2.75, 3.05) is 18.1 Å². The SMILES string of the molecule is O=S(=O)(O)CCS(=O)(=O)N1CCCC2CCCCC21. The average Bonchev–Trinajstić information content (AvgIpc) is 2.35. The third kappa shape index (κ3) is 3.90. The molecule has 1 aliphatic heterocycles. The van der Waals surface area contributed by atoms with E-state index in [2.05, 4.69) is 0 Å². The molecule has 0 bridgehead atoms. The van der Waals surface area contributed by atoms with Gasteiger partial charge in [-0.05, 0) is 31.6 Å². The quantitative estimate of drug-likeness (QED) is 0.777. The van der Waals surface area contributed by atoms with Gasteiger partial charge in [-0.15, -0.1) is 0 Å². The molecule has 0 aromatic heterocycles. The van der Waals surface area contributed by atoms with E-state index in [1.165, 1.54) is 4.31 Å². The minimum atomic E-state index is -4.23. The molecule has 1 aliphatic carbocycles. The van der Waals surface area contributed by atoms with Gasteiger partial charge in [-0.25, -0.2) is 8.42 Å². The third-order valence-corrected chi connectivity index (χ3v) is 7.02. The molecule has 1 heterocycles. The number of piperidine rings is 1. The molecular formula is C11H21NO5S2. The maximum absolute atomic E-state index is 12.2. The predicted molar refractivity (Wildman–Crippen MR) is 71.9 cm³/mol. The summed E-state index contributed by atoms with van der Waals surface area (Å²) in [6.07, 6.45) is 6.03. The second kappa shape index (κ2) is 5.67. The molecule has 0 amide bonds. The van der Waals surface area contributed by atoms with E-state index in [1.807, 2.05) is 0 Å². The molecule has 1 N–H and O–H groups in total. The lowest BCUT2D eigenvalue weighted by Gasteiger charge is -2.43. The Labute approximate surface area is 115 Å². The highest BCUT2D eigenvalue weighted by Gasteiger charge is 2.39. The Bertz CT molecular complexity index is 511. The smallest absolute Gasteiger partial charge is 0.265 e. The van der Waals surface area contributed by atoms with E-state index in [0.717, 1.165) is 38.5 Å². The van der Waals surface area contributed by atoms with E-state index in [4.69, 9.17) is 4.55 Å². The highest BCUT2D eigenvalue weighted by Crippen LogP contribution is 2.36. The molecule has 1 saturated heterocycles. The van der Waals surface area contributed by atoms with Gasteiger partial charge in [0.15, 0.2) is 0 Å². The summed E-state index contributed by atoms with van der Waals surface area (Å²) < 4.78 is 56.1. The van der Waals surface area contributed by atoms with E-state index in [9.17, 15) is 16.8 Å². The van der Waals surface area contributed by atoms with E-state index < -0.39 is 31.6 Å². The van der Waals surface area contributed by atoms with Crippen LogP contribution in [0.4, 0.5) is 0 Å². The fraction of sp³-hybridized carbons (Fsp3) is 1.00. The van der Waals surface area contributed by atoms with Crippen molar-refractivity contribution >= 4 is 20.1 Å². The Morgan fingerprint density at radius 3 is 2.26 bits per heavy atom. The standard InChI is InChI=1S/C11H21NO5S2/c13-18(14,8-9-19(15,16)17)12-7-3-5-10-4-1-2-6-11(10)12/h10-11H,1-9H2,(H,15,16,17). The summed E-state index contributed by atoms with van der Waals surface area (Å²) in [5, 5.41) is 0. The normalized spacial score (nSPS) is 29.9. The zero-order valence-electron chi connectivity index (χ0n) is 10.9. The van der Waals surface area contributed by atoms with Gasteiger partial charge in [0.2, 0.25) is 10.0 Å². The molecule has 0 radical (unpaired) electrons. The number of sulfonamides is 1. The van der Waals surface area contributed by atoms with Crippen LogP contribution in [0.15, 0.2) is 0 Å². The largest absolute Gasteiger partial charge is 0.286 e. The Morgan fingerprint density at radius 1 is 0.947 bits per heavy atom. The monoisotopic (exact) mass is 311 g/mol. The highest BCUT2D eigenvalue weighted by molar-refractivity contribution is 7.91. The Balaban J connectivity index is 2.10. The van der Waals surface area contributed by atoms with Gasteiger partial charge in [0.05, 0.1) is 11.5 Å². The van der Waals surface area contributed by atoms with Crippen LogP contribution in [0.25, 0.3) is 0 Å². The maximum atomic E-state index is 12.2. The molecular weight excluding hydrogens is 290 g/mol. The Hall–Kier alpha value is -0.180. The summed E-state index contributed by atoms with van der Waals surface area (Å²) in [7, 11) is -7.82. The highest BCUT2D eigenvalue weighted by atomic mass is 32.2. The number of hydrogen-bond donors (Lipinski definition) is 1. The van der Waals surface area contributed by atoms with Gasteiger partial charge in [0, 0.05) is 12.6 Å². The summed E-state index contributed by atoms with van der Waals surface area (Å²) in [5.74, 6) is -0.818. The number of rotatable bonds is 4.